The van der Waals surface area contributed by atoms with E-state index >= 15 is 0 Å². The van der Waals surface area contributed by atoms with E-state index in [0.717, 1.165) is 0 Å². The van der Waals surface area contributed by atoms with Gasteiger partial charge in [-0.3, -0.25) is 0 Å². The molecule has 0 radical (unpaired) electrons. The fourth-order valence-corrected chi connectivity index (χ4v) is 5.92. The first-order valence-electron chi connectivity index (χ1n) is 8.49. The molecular formula is C18H38OSi3. The van der Waals surface area contributed by atoms with Crippen LogP contribution in [-0.4, -0.2) is 31.6 Å². The summed E-state index contributed by atoms with van der Waals surface area (Å²) in [5, 5.41) is 3.14. The normalized spacial score (nSPS) is 12.6. The molecule has 0 N–H and O–H groups in total. The molecular weight excluding hydrogens is 316 g/mol. The molecule has 128 valence electrons. The van der Waals surface area contributed by atoms with Crippen molar-refractivity contribution in [3.63, 3.8) is 0 Å². The van der Waals surface area contributed by atoms with Crippen LogP contribution in [0.2, 0.25) is 58.4 Å². The van der Waals surface area contributed by atoms with Gasteiger partial charge in [0, 0.05) is 7.11 Å². The third-order valence-electron chi connectivity index (χ3n) is 4.02. The molecule has 0 fully saturated rings. The van der Waals surface area contributed by atoms with Crippen molar-refractivity contribution in [3.05, 3.63) is 24.3 Å². The molecule has 0 atom stereocenters. The highest BCUT2D eigenvalue weighted by Gasteiger charge is 2.19. The summed E-state index contributed by atoms with van der Waals surface area (Å²) in [7, 11) is -1.56. The highest BCUT2D eigenvalue weighted by atomic mass is 28.4. The fourth-order valence-electron chi connectivity index (χ4n) is 2.17. The van der Waals surface area contributed by atoms with Crippen molar-refractivity contribution in [1.29, 1.82) is 0 Å². The van der Waals surface area contributed by atoms with Crippen LogP contribution in [-0.2, 0) is 4.43 Å². The zero-order valence-electron chi connectivity index (χ0n) is 16.6. The van der Waals surface area contributed by atoms with Crippen LogP contribution in [0.1, 0.15) is 13.3 Å². The second-order valence-corrected chi connectivity index (χ2v) is 23.4. The van der Waals surface area contributed by atoms with E-state index < -0.39 is 24.5 Å². The van der Waals surface area contributed by atoms with Crippen LogP contribution in [0.3, 0.4) is 0 Å². The first kappa shape index (κ1) is 21.8. The van der Waals surface area contributed by atoms with Gasteiger partial charge in [-0.25, -0.2) is 0 Å². The van der Waals surface area contributed by atoms with Crippen LogP contribution in [0.25, 0.3) is 0 Å². The number of benzene rings is 1. The molecule has 4 heteroatoms. The molecule has 0 aliphatic heterocycles. The van der Waals surface area contributed by atoms with Crippen molar-refractivity contribution in [2.24, 2.45) is 0 Å². The van der Waals surface area contributed by atoms with Crippen LogP contribution >= 0.6 is 0 Å². The van der Waals surface area contributed by atoms with E-state index in [0.29, 0.717) is 0 Å². The Morgan fingerprint density at radius 1 is 0.727 bits per heavy atom. The molecule has 0 saturated carbocycles. The molecule has 0 amide bonds. The first-order valence-corrected chi connectivity index (χ1v) is 18.6. The standard InChI is InChI=1S/C12H22Si2.C6H16OSi/c1-13(2,3)11-7-9-12(10-8-11)14(4,5)6;1-5-6-8(3,4)7-2/h7-10H,1-6H3;5-6H2,1-4H3. The molecule has 0 unspecified atom stereocenters. The van der Waals surface area contributed by atoms with Gasteiger partial charge in [-0.15, -0.1) is 0 Å². The molecule has 22 heavy (non-hydrogen) atoms. The maximum atomic E-state index is 5.32. The topological polar surface area (TPSA) is 9.23 Å². The van der Waals surface area contributed by atoms with E-state index in [9.17, 15) is 0 Å². The summed E-state index contributed by atoms with van der Waals surface area (Å²) in [4.78, 5) is 0. The third kappa shape index (κ3) is 8.46. The van der Waals surface area contributed by atoms with Crippen molar-refractivity contribution in [2.45, 2.75) is 71.8 Å². The first-order chi connectivity index (χ1) is 9.83. The molecule has 1 aromatic rings. The van der Waals surface area contributed by atoms with E-state index in [1.807, 2.05) is 7.11 Å². The summed E-state index contributed by atoms with van der Waals surface area (Å²) in [6, 6.07) is 10.7. The Morgan fingerprint density at radius 3 is 1.18 bits per heavy atom. The van der Waals surface area contributed by atoms with E-state index in [2.05, 4.69) is 83.6 Å². The highest BCUT2D eigenvalue weighted by Crippen LogP contribution is 2.10. The predicted molar refractivity (Wildman–Crippen MR) is 112 cm³/mol. The van der Waals surface area contributed by atoms with Gasteiger partial charge in [0.1, 0.15) is 0 Å². The summed E-state index contributed by atoms with van der Waals surface area (Å²) in [5.74, 6) is 0. The van der Waals surface area contributed by atoms with Gasteiger partial charge in [0.15, 0.2) is 8.32 Å². The smallest absolute Gasteiger partial charge is 0.186 e. The molecule has 1 nitrogen and oxygen atoms in total. The summed E-state index contributed by atoms with van der Waals surface area (Å²) >= 11 is 0. The molecule has 0 spiro atoms. The lowest BCUT2D eigenvalue weighted by atomic mass is 10.4. The molecule has 0 aliphatic rings. The van der Waals surface area contributed by atoms with Gasteiger partial charge in [0.05, 0.1) is 16.1 Å². The summed E-state index contributed by atoms with van der Waals surface area (Å²) < 4.78 is 5.32. The Labute approximate surface area is 142 Å². The molecule has 0 heterocycles. The number of hydrogen-bond acceptors (Lipinski definition) is 1. The van der Waals surface area contributed by atoms with Gasteiger partial charge in [-0.05, 0) is 19.1 Å². The maximum absolute atomic E-state index is 5.32. The summed E-state index contributed by atoms with van der Waals surface area (Å²) in [6.45, 7) is 21.1. The maximum Gasteiger partial charge on any atom is 0.186 e. The van der Waals surface area contributed by atoms with Gasteiger partial charge in [-0.2, -0.15) is 0 Å². The molecule has 0 aromatic heterocycles. The number of rotatable bonds is 5. The lowest BCUT2D eigenvalue weighted by molar-refractivity contribution is 0.403. The predicted octanol–water partition coefficient (Wildman–Crippen LogP) is 5.02. The quantitative estimate of drug-likeness (QED) is 0.674. The Hall–Kier alpha value is -0.169. The van der Waals surface area contributed by atoms with Crippen LogP contribution < -0.4 is 10.4 Å². The van der Waals surface area contributed by atoms with Crippen LogP contribution in [0, 0.1) is 0 Å². The Balaban J connectivity index is 0.000000472. The van der Waals surface area contributed by atoms with Gasteiger partial charge in [0.2, 0.25) is 0 Å². The lowest BCUT2D eigenvalue weighted by Crippen LogP contribution is -2.42. The average molecular weight is 355 g/mol. The SMILES string of the molecule is CCC[Si](C)(C)OC.C[Si](C)(C)c1ccc([Si](C)(C)C)cc1. The zero-order chi connectivity index (χ0) is 17.6. The van der Waals surface area contributed by atoms with Crippen molar-refractivity contribution >= 4 is 34.8 Å². The largest absolute Gasteiger partial charge is 0.420 e. The molecule has 1 rings (SSSR count). The minimum Gasteiger partial charge on any atom is -0.420 e. The van der Waals surface area contributed by atoms with Gasteiger partial charge < -0.3 is 4.43 Å². The Bertz CT molecular complexity index is 392. The van der Waals surface area contributed by atoms with Crippen molar-refractivity contribution < 1.29 is 4.43 Å². The van der Waals surface area contributed by atoms with Crippen molar-refractivity contribution in [1.82, 2.24) is 0 Å². The summed E-state index contributed by atoms with van der Waals surface area (Å²) in [5.41, 5.74) is 0. The highest BCUT2D eigenvalue weighted by molar-refractivity contribution is 6.90. The Kier molecular flexibility index (Phi) is 8.55. The fraction of sp³-hybridized carbons (Fsp3) is 0.667. The summed E-state index contributed by atoms with van der Waals surface area (Å²) in [6.07, 6.45) is 1.26. The molecule has 0 aliphatic carbocycles. The molecule has 1 aromatic carbocycles. The molecule has 0 saturated heterocycles. The lowest BCUT2D eigenvalue weighted by Gasteiger charge is -2.20. The van der Waals surface area contributed by atoms with E-state index in [1.165, 1.54) is 12.5 Å². The monoisotopic (exact) mass is 354 g/mol. The minimum atomic E-state index is -1.18. The van der Waals surface area contributed by atoms with Crippen LogP contribution in [0.15, 0.2) is 24.3 Å². The van der Waals surface area contributed by atoms with Crippen LogP contribution in [0.4, 0.5) is 0 Å². The second-order valence-electron chi connectivity index (χ2n) is 8.79. The van der Waals surface area contributed by atoms with Crippen LogP contribution in [0.5, 0.6) is 0 Å². The van der Waals surface area contributed by atoms with E-state index in [1.54, 1.807) is 10.4 Å². The minimum absolute atomic E-state index is 1.10. The van der Waals surface area contributed by atoms with E-state index in [4.69, 9.17) is 4.43 Å². The Morgan fingerprint density at radius 2 is 1.05 bits per heavy atom. The van der Waals surface area contributed by atoms with Crippen molar-refractivity contribution in [2.75, 3.05) is 7.11 Å². The van der Waals surface area contributed by atoms with Gasteiger partial charge >= 0.3 is 0 Å². The van der Waals surface area contributed by atoms with E-state index in [-0.39, 0.29) is 0 Å². The van der Waals surface area contributed by atoms with Crippen molar-refractivity contribution in [3.8, 4) is 0 Å². The van der Waals surface area contributed by atoms with Gasteiger partial charge in [-0.1, -0.05) is 87.3 Å². The average Bonchev–Trinajstić information content (AvgIpc) is 2.38. The molecule has 0 bridgehead atoms. The van der Waals surface area contributed by atoms with Gasteiger partial charge in [0.25, 0.3) is 0 Å². The second kappa shape index (κ2) is 8.62. The zero-order valence-corrected chi connectivity index (χ0v) is 19.6. The number of hydrogen-bond donors (Lipinski definition) is 0. The third-order valence-corrected chi connectivity index (χ3v) is 11.0.